The van der Waals surface area contributed by atoms with Crippen LogP contribution in [0.2, 0.25) is 0 Å². The first kappa shape index (κ1) is 12.7. The molecule has 3 aromatic rings. The maximum absolute atomic E-state index is 5.59. The number of nitrogens with zero attached hydrogens (tertiary/aromatic N) is 3. The van der Waals surface area contributed by atoms with Gasteiger partial charge < -0.3 is 8.98 Å². The molecule has 1 saturated heterocycles. The zero-order valence-corrected chi connectivity index (χ0v) is 12.0. The summed E-state index contributed by atoms with van der Waals surface area (Å²) in [5.74, 6) is 1.10. The monoisotopic (exact) mass is 281 g/mol. The summed E-state index contributed by atoms with van der Waals surface area (Å²) in [5, 5.41) is 0. The number of hydrogen-bond acceptors (Lipinski definition) is 3. The molecule has 0 spiro atoms. The normalized spacial score (nSPS) is 19.5. The SMILES string of the molecule is c1coc([C@H]2CCCN2CCn2cnc3ccccc32)c1. The summed E-state index contributed by atoms with van der Waals surface area (Å²) in [6.45, 7) is 3.15. The summed E-state index contributed by atoms with van der Waals surface area (Å²) in [5.41, 5.74) is 2.28. The molecular weight excluding hydrogens is 262 g/mol. The van der Waals surface area contributed by atoms with E-state index in [0.717, 1.165) is 30.9 Å². The number of imidazole rings is 1. The number of hydrogen-bond donors (Lipinski definition) is 0. The zero-order valence-electron chi connectivity index (χ0n) is 12.0. The lowest BCUT2D eigenvalue weighted by Gasteiger charge is -2.23. The van der Waals surface area contributed by atoms with Crippen LogP contribution in [0, 0.1) is 0 Å². The van der Waals surface area contributed by atoms with Crippen molar-refractivity contribution < 1.29 is 4.42 Å². The molecule has 4 nitrogen and oxygen atoms in total. The van der Waals surface area contributed by atoms with Crippen LogP contribution in [0.15, 0.2) is 53.4 Å². The minimum atomic E-state index is 0.440. The van der Waals surface area contributed by atoms with E-state index in [9.17, 15) is 0 Å². The van der Waals surface area contributed by atoms with Gasteiger partial charge in [0.15, 0.2) is 0 Å². The molecule has 1 aliphatic rings. The Kier molecular flexibility index (Phi) is 3.24. The molecule has 0 N–H and O–H groups in total. The molecular formula is C17H19N3O. The Balaban J connectivity index is 1.49. The van der Waals surface area contributed by atoms with Crippen LogP contribution in [0.3, 0.4) is 0 Å². The molecule has 3 heterocycles. The molecule has 0 bridgehead atoms. The Labute approximate surface area is 124 Å². The fraction of sp³-hybridized carbons (Fsp3) is 0.353. The smallest absolute Gasteiger partial charge is 0.120 e. The molecule has 1 aromatic carbocycles. The number of aromatic nitrogens is 2. The van der Waals surface area contributed by atoms with Crippen LogP contribution in [0.1, 0.15) is 24.6 Å². The van der Waals surface area contributed by atoms with Crippen LogP contribution in [0.25, 0.3) is 11.0 Å². The molecule has 0 radical (unpaired) electrons. The minimum absolute atomic E-state index is 0.440. The highest BCUT2D eigenvalue weighted by Crippen LogP contribution is 2.31. The van der Waals surface area contributed by atoms with E-state index in [0.29, 0.717) is 6.04 Å². The summed E-state index contributed by atoms with van der Waals surface area (Å²) >= 11 is 0. The Morgan fingerprint density at radius 1 is 1.14 bits per heavy atom. The van der Waals surface area contributed by atoms with Crippen LogP contribution in [0.4, 0.5) is 0 Å². The highest BCUT2D eigenvalue weighted by atomic mass is 16.3. The van der Waals surface area contributed by atoms with Crippen LogP contribution in [-0.2, 0) is 6.54 Å². The molecule has 1 fully saturated rings. The number of para-hydroxylation sites is 2. The molecule has 0 amide bonds. The van der Waals surface area contributed by atoms with Gasteiger partial charge in [0.2, 0.25) is 0 Å². The molecule has 4 rings (SSSR count). The van der Waals surface area contributed by atoms with Crippen molar-refractivity contribution in [1.82, 2.24) is 14.5 Å². The zero-order chi connectivity index (χ0) is 14.1. The summed E-state index contributed by atoms with van der Waals surface area (Å²) < 4.78 is 7.84. The fourth-order valence-electron chi connectivity index (χ4n) is 3.32. The van der Waals surface area contributed by atoms with E-state index in [1.165, 1.54) is 18.4 Å². The third-order valence-corrected chi connectivity index (χ3v) is 4.39. The average Bonchev–Trinajstić information content (AvgIpc) is 3.25. The molecule has 1 aliphatic heterocycles. The second-order valence-electron chi connectivity index (χ2n) is 5.64. The van der Waals surface area contributed by atoms with Crippen molar-refractivity contribution in [1.29, 1.82) is 0 Å². The average molecular weight is 281 g/mol. The van der Waals surface area contributed by atoms with Gasteiger partial charge in [0.25, 0.3) is 0 Å². The summed E-state index contributed by atoms with van der Waals surface area (Å²) in [6.07, 6.45) is 6.16. The van der Waals surface area contributed by atoms with Gasteiger partial charge >= 0.3 is 0 Å². The third kappa shape index (κ3) is 2.36. The van der Waals surface area contributed by atoms with Gasteiger partial charge in [-0.1, -0.05) is 12.1 Å². The van der Waals surface area contributed by atoms with Crippen molar-refractivity contribution in [3.63, 3.8) is 0 Å². The second kappa shape index (κ2) is 5.37. The molecule has 0 saturated carbocycles. The number of furan rings is 1. The van der Waals surface area contributed by atoms with Gasteiger partial charge in [-0.3, -0.25) is 4.90 Å². The standard InChI is InChI=1S/C17H19N3O/c1-2-6-15-14(5-1)18-13-20(15)11-10-19-9-3-7-16(19)17-8-4-12-21-17/h1-2,4-6,8,12-13,16H,3,7,9-11H2/t16-/m1/s1. The number of fused-ring (bicyclic) bond motifs is 1. The van der Waals surface area contributed by atoms with Gasteiger partial charge in [0.05, 0.1) is 29.7 Å². The number of likely N-dealkylation sites (tertiary alicyclic amines) is 1. The van der Waals surface area contributed by atoms with Gasteiger partial charge in [-0.15, -0.1) is 0 Å². The second-order valence-corrected chi connectivity index (χ2v) is 5.64. The summed E-state index contributed by atoms with van der Waals surface area (Å²) in [4.78, 5) is 6.98. The highest BCUT2D eigenvalue weighted by Gasteiger charge is 2.27. The van der Waals surface area contributed by atoms with Gasteiger partial charge in [-0.25, -0.2) is 4.98 Å². The largest absolute Gasteiger partial charge is 0.468 e. The van der Waals surface area contributed by atoms with Crippen molar-refractivity contribution in [3.05, 3.63) is 54.7 Å². The Morgan fingerprint density at radius 3 is 3.00 bits per heavy atom. The van der Waals surface area contributed by atoms with E-state index >= 15 is 0 Å². The minimum Gasteiger partial charge on any atom is -0.468 e. The molecule has 21 heavy (non-hydrogen) atoms. The van der Waals surface area contributed by atoms with Crippen molar-refractivity contribution in [3.8, 4) is 0 Å². The van der Waals surface area contributed by atoms with Crippen LogP contribution < -0.4 is 0 Å². The van der Waals surface area contributed by atoms with E-state index in [-0.39, 0.29) is 0 Å². The molecule has 0 aliphatic carbocycles. The lowest BCUT2D eigenvalue weighted by Crippen LogP contribution is -2.26. The van der Waals surface area contributed by atoms with Gasteiger partial charge in [-0.05, 0) is 43.7 Å². The Morgan fingerprint density at radius 2 is 2.10 bits per heavy atom. The van der Waals surface area contributed by atoms with Crippen molar-refractivity contribution in [2.45, 2.75) is 25.4 Å². The molecule has 0 unspecified atom stereocenters. The first-order valence-corrected chi connectivity index (χ1v) is 7.59. The lowest BCUT2D eigenvalue weighted by molar-refractivity contribution is 0.221. The Bertz CT molecular complexity index is 717. The quantitative estimate of drug-likeness (QED) is 0.734. The van der Waals surface area contributed by atoms with Crippen LogP contribution >= 0.6 is 0 Å². The first-order valence-electron chi connectivity index (χ1n) is 7.59. The molecule has 4 heteroatoms. The molecule has 2 aromatic heterocycles. The maximum atomic E-state index is 5.59. The van der Waals surface area contributed by atoms with E-state index in [2.05, 4.69) is 38.7 Å². The van der Waals surface area contributed by atoms with E-state index in [1.54, 1.807) is 6.26 Å². The van der Waals surface area contributed by atoms with Crippen molar-refractivity contribution >= 4 is 11.0 Å². The predicted molar refractivity (Wildman–Crippen MR) is 82.0 cm³/mol. The van der Waals surface area contributed by atoms with Gasteiger partial charge in [-0.2, -0.15) is 0 Å². The first-order chi connectivity index (χ1) is 10.4. The third-order valence-electron chi connectivity index (χ3n) is 4.39. The summed E-state index contributed by atoms with van der Waals surface area (Å²) in [6, 6.07) is 12.8. The van der Waals surface area contributed by atoms with E-state index < -0.39 is 0 Å². The predicted octanol–water partition coefficient (Wildman–Crippen LogP) is 3.47. The van der Waals surface area contributed by atoms with Crippen molar-refractivity contribution in [2.24, 2.45) is 0 Å². The van der Waals surface area contributed by atoms with Crippen LogP contribution in [-0.4, -0.2) is 27.5 Å². The fourth-order valence-corrected chi connectivity index (χ4v) is 3.32. The maximum Gasteiger partial charge on any atom is 0.120 e. The topological polar surface area (TPSA) is 34.2 Å². The Hall–Kier alpha value is -2.07. The van der Waals surface area contributed by atoms with E-state index in [4.69, 9.17) is 4.42 Å². The lowest BCUT2D eigenvalue weighted by atomic mass is 10.1. The van der Waals surface area contributed by atoms with Gasteiger partial charge in [0.1, 0.15) is 5.76 Å². The van der Waals surface area contributed by atoms with Gasteiger partial charge in [0, 0.05) is 13.1 Å². The van der Waals surface area contributed by atoms with Crippen molar-refractivity contribution in [2.75, 3.05) is 13.1 Å². The molecule has 108 valence electrons. The highest BCUT2D eigenvalue weighted by molar-refractivity contribution is 5.74. The van der Waals surface area contributed by atoms with E-state index in [1.807, 2.05) is 18.5 Å². The number of benzene rings is 1. The molecule has 1 atom stereocenters. The summed E-state index contributed by atoms with van der Waals surface area (Å²) in [7, 11) is 0. The number of rotatable bonds is 4. The van der Waals surface area contributed by atoms with Crippen LogP contribution in [0.5, 0.6) is 0 Å².